The summed E-state index contributed by atoms with van der Waals surface area (Å²) in [6.07, 6.45) is 0.821. The van der Waals surface area contributed by atoms with E-state index in [0.717, 1.165) is 0 Å². The maximum absolute atomic E-state index is 11.0. The fourth-order valence-corrected chi connectivity index (χ4v) is 1.06. The molecule has 1 aliphatic heterocycles. The molecule has 1 fully saturated rings. The first kappa shape index (κ1) is 8.68. The first-order valence-corrected chi connectivity index (χ1v) is 3.68. The first-order chi connectivity index (χ1) is 5.74. The molecule has 12 heavy (non-hydrogen) atoms. The van der Waals surface area contributed by atoms with Crippen LogP contribution in [0.5, 0.6) is 0 Å². The molecule has 1 aliphatic rings. The summed E-state index contributed by atoms with van der Waals surface area (Å²) in [6, 6.07) is 1.48. The third-order valence-electron chi connectivity index (χ3n) is 1.67. The van der Waals surface area contributed by atoms with Gasteiger partial charge in [-0.1, -0.05) is 0 Å². The Bertz CT molecular complexity index is 244. The molecule has 0 bridgehead atoms. The topological polar surface area (TPSA) is 82.0 Å². The Kier molecular flexibility index (Phi) is 2.77. The number of hydrogen-bond donors (Lipinski definition) is 2. The third-order valence-corrected chi connectivity index (χ3v) is 1.67. The molecular formula is C7H9N3O2. The number of rotatable bonds is 2. The van der Waals surface area contributed by atoms with E-state index in [9.17, 15) is 9.59 Å². The van der Waals surface area contributed by atoms with Gasteiger partial charge < -0.3 is 0 Å². The van der Waals surface area contributed by atoms with Crippen LogP contribution in [-0.4, -0.2) is 24.4 Å². The van der Waals surface area contributed by atoms with E-state index in [4.69, 9.17) is 5.26 Å². The zero-order valence-electron chi connectivity index (χ0n) is 6.46. The van der Waals surface area contributed by atoms with E-state index >= 15 is 0 Å². The van der Waals surface area contributed by atoms with Gasteiger partial charge in [-0.05, 0) is 6.42 Å². The van der Waals surface area contributed by atoms with E-state index in [2.05, 4.69) is 10.6 Å². The predicted octanol–water partition coefficient (Wildman–Crippen LogP) is -1.10. The lowest BCUT2D eigenvalue weighted by atomic mass is 10.1. The molecule has 5 heteroatoms. The second-order valence-corrected chi connectivity index (χ2v) is 2.54. The largest absolute Gasteiger partial charge is 0.295 e. The number of carbonyl (C=O) groups excluding carboxylic acids is 2. The number of piperidine rings is 1. The number of nitrogens with one attached hydrogen (secondary N) is 2. The van der Waals surface area contributed by atoms with Crippen LogP contribution < -0.4 is 10.6 Å². The van der Waals surface area contributed by atoms with Crippen LogP contribution in [0.2, 0.25) is 0 Å². The van der Waals surface area contributed by atoms with Crippen LogP contribution in [0.3, 0.4) is 0 Å². The van der Waals surface area contributed by atoms with Crippen molar-refractivity contribution in [3.63, 3.8) is 0 Å². The van der Waals surface area contributed by atoms with Gasteiger partial charge in [-0.25, -0.2) is 0 Å². The molecule has 1 rings (SSSR count). The lowest BCUT2D eigenvalue weighted by molar-refractivity contribution is -0.134. The Morgan fingerprint density at radius 2 is 2.42 bits per heavy atom. The van der Waals surface area contributed by atoms with Crippen molar-refractivity contribution in [2.24, 2.45) is 0 Å². The quantitative estimate of drug-likeness (QED) is 0.404. The van der Waals surface area contributed by atoms with E-state index in [0.29, 0.717) is 12.8 Å². The molecule has 2 N–H and O–H groups in total. The smallest absolute Gasteiger partial charge is 0.243 e. The third kappa shape index (κ3) is 2.04. The molecule has 1 heterocycles. The minimum Gasteiger partial charge on any atom is -0.295 e. The van der Waals surface area contributed by atoms with E-state index in [1.807, 2.05) is 6.07 Å². The highest BCUT2D eigenvalue weighted by molar-refractivity contribution is 6.00. The molecular weight excluding hydrogens is 158 g/mol. The van der Waals surface area contributed by atoms with E-state index in [1.165, 1.54) is 0 Å². The summed E-state index contributed by atoms with van der Waals surface area (Å²) in [7, 11) is 0. The van der Waals surface area contributed by atoms with Crippen LogP contribution >= 0.6 is 0 Å². The lowest BCUT2D eigenvalue weighted by Crippen LogP contribution is -2.50. The van der Waals surface area contributed by atoms with Gasteiger partial charge in [0.05, 0.1) is 18.7 Å². The zero-order chi connectivity index (χ0) is 8.97. The van der Waals surface area contributed by atoms with Crippen LogP contribution in [0.25, 0.3) is 0 Å². The molecule has 0 spiro atoms. The number of nitriles is 1. The Hall–Kier alpha value is -1.41. The second-order valence-electron chi connectivity index (χ2n) is 2.54. The van der Waals surface area contributed by atoms with Gasteiger partial charge in [-0.2, -0.15) is 5.26 Å². The van der Waals surface area contributed by atoms with Crippen LogP contribution in [0.4, 0.5) is 0 Å². The van der Waals surface area contributed by atoms with Crippen molar-refractivity contribution in [1.29, 1.82) is 5.26 Å². The Labute approximate surface area is 69.7 Å². The van der Waals surface area contributed by atoms with Gasteiger partial charge in [0.25, 0.3) is 0 Å². The molecule has 0 saturated carbocycles. The lowest BCUT2D eigenvalue weighted by Gasteiger charge is -2.20. The summed E-state index contributed by atoms with van der Waals surface area (Å²) in [6.45, 7) is 0.131. The second kappa shape index (κ2) is 3.83. The van der Waals surface area contributed by atoms with Crippen LogP contribution in [0.1, 0.15) is 12.8 Å². The molecule has 1 unspecified atom stereocenters. The molecule has 0 aliphatic carbocycles. The highest BCUT2D eigenvalue weighted by Crippen LogP contribution is 2.03. The summed E-state index contributed by atoms with van der Waals surface area (Å²) in [5, 5.41) is 13.1. The van der Waals surface area contributed by atoms with Crippen molar-refractivity contribution in [2.45, 2.75) is 18.9 Å². The van der Waals surface area contributed by atoms with Crippen molar-refractivity contribution in [2.75, 3.05) is 6.54 Å². The number of imide groups is 1. The summed E-state index contributed by atoms with van der Waals surface area (Å²) >= 11 is 0. The highest BCUT2D eigenvalue weighted by atomic mass is 16.2. The van der Waals surface area contributed by atoms with E-state index in [1.54, 1.807) is 0 Å². The maximum Gasteiger partial charge on any atom is 0.243 e. The van der Waals surface area contributed by atoms with Crippen LogP contribution in [0, 0.1) is 11.3 Å². The minimum atomic E-state index is -0.387. The van der Waals surface area contributed by atoms with E-state index < -0.39 is 0 Å². The molecule has 1 saturated heterocycles. The van der Waals surface area contributed by atoms with Gasteiger partial charge in [0.2, 0.25) is 11.8 Å². The average Bonchev–Trinajstić information content (AvgIpc) is 2.03. The van der Waals surface area contributed by atoms with Gasteiger partial charge in [-0.15, -0.1) is 0 Å². The standard InChI is InChI=1S/C7H9N3O2/c8-3-4-9-5-1-2-6(11)10-7(5)12/h5,9H,1-2,4H2,(H,10,11,12). The zero-order valence-corrected chi connectivity index (χ0v) is 6.46. The normalized spacial score (nSPS) is 23.1. The summed E-state index contributed by atoms with van der Waals surface area (Å²) in [5.74, 6) is -0.573. The highest BCUT2D eigenvalue weighted by Gasteiger charge is 2.25. The van der Waals surface area contributed by atoms with Crippen LogP contribution in [0.15, 0.2) is 0 Å². The predicted molar refractivity (Wildman–Crippen MR) is 39.8 cm³/mol. The Balaban J connectivity index is 2.41. The van der Waals surface area contributed by atoms with Gasteiger partial charge >= 0.3 is 0 Å². The SMILES string of the molecule is N#CCNC1CCC(=O)NC1=O. The Morgan fingerprint density at radius 3 is 3.00 bits per heavy atom. The van der Waals surface area contributed by atoms with Crippen LogP contribution in [-0.2, 0) is 9.59 Å². The molecule has 0 radical (unpaired) electrons. The number of amides is 2. The van der Waals surface area contributed by atoms with Crippen molar-refractivity contribution in [3.05, 3.63) is 0 Å². The minimum absolute atomic E-state index is 0.131. The number of hydrogen-bond acceptors (Lipinski definition) is 4. The Morgan fingerprint density at radius 1 is 1.67 bits per heavy atom. The van der Waals surface area contributed by atoms with Gasteiger partial charge in [0.15, 0.2) is 0 Å². The fourth-order valence-electron chi connectivity index (χ4n) is 1.06. The average molecular weight is 167 g/mol. The summed E-state index contributed by atoms with van der Waals surface area (Å²) in [5.41, 5.74) is 0. The van der Waals surface area contributed by atoms with E-state index in [-0.39, 0.29) is 24.4 Å². The molecule has 0 aromatic rings. The van der Waals surface area contributed by atoms with Crippen molar-refractivity contribution in [1.82, 2.24) is 10.6 Å². The molecule has 1 atom stereocenters. The monoisotopic (exact) mass is 167 g/mol. The van der Waals surface area contributed by atoms with Crippen molar-refractivity contribution >= 4 is 11.8 Å². The summed E-state index contributed by atoms with van der Waals surface area (Å²) < 4.78 is 0. The number of nitrogens with zero attached hydrogens (tertiary/aromatic N) is 1. The molecule has 0 aromatic heterocycles. The molecule has 0 aromatic carbocycles. The number of carbonyl (C=O) groups is 2. The molecule has 2 amide bonds. The van der Waals surface area contributed by atoms with Gasteiger partial charge in [0, 0.05) is 6.42 Å². The van der Waals surface area contributed by atoms with Gasteiger partial charge in [0.1, 0.15) is 0 Å². The van der Waals surface area contributed by atoms with Crippen molar-refractivity contribution < 1.29 is 9.59 Å². The maximum atomic E-state index is 11.0. The van der Waals surface area contributed by atoms with Gasteiger partial charge in [-0.3, -0.25) is 20.2 Å². The summed E-state index contributed by atoms with van der Waals surface area (Å²) in [4.78, 5) is 21.7. The first-order valence-electron chi connectivity index (χ1n) is 3.68. The molecule has 64 valence electrons. The fraction of sp³-hybridized carbons (Fsp3) is 0.571. The van der Waals surface area contributed by atoms with Crippen molar-refractivity contribution in [3.8, 4) is 6.07 Å². The molecule has 5 nitrogen and oxygen atoms in total.